The highest BCUT2D eigenvalue weighted by Gasteiger charge is 2.26. The van der Waals surface area contributed by atoms with Gasteiger partial charge in [0.2, 0.25) is 11.8 Å². The summed E-state index contributed by atoms with van der Waals surface area (Å²) in [5.41, 5.74) is 5.69. The van der Waals surface area contributed by atoms with Crippen molar-refractivity contribution in [3.8, 4) is 0 Å². The maximum atomic E-state index is 12.0. The van der Waals surface area contributed by atoms with Gasteiger partial charge in [-0.2, -0.15) is 0 Å². The summed E-state index contributed by atoms with van der Waals surface area (Å²) in [5, 5.41) is 2.67. The zero-order valence-electron chi connectivity index (χ0n) is 10.9. The molecule has 6 nitrogen and oxygen atoms in total. The number of rotatable bonds is 6. The topological polar surface area (TPSA) is 84.7 Å². The molecule has 0 fully saturated rings. The maximum Gasteiger partial charge on any atom is 0.239 e. The fraction of sp³-hybridized carbons (Fsp3) is 0.667. The second-order valence-electron chi connectivity index (χ2n) is 4.43. The largest absolute Gasteiger partial charge is 0.383 e. The van der Waals surface area contributed by atoms with Crippen LogP contribution in [-0.4, -0.2) is 56.6 Å². The third kappa shape index (κ3) is 4.46. The number of nitrogens with one attached hydrogen (secondary N) is 1. The lowest BCUT2D eigenvalue weighted by atomic mass is 10.1. The van der Waals surface area contributed by atoms with E-state index in [-0.39, 0.29) is 30.3 Å². The average Bonchev–Trinajstić information content (AvgIpc) is 2.75. The molecule has 1 rings (SSSR count). The van der Waals surface area contributed by atoms with Gasteiger partial charge in [0.25, 0.3) is 0 Å². The molecule has 0 aromatic heterocycles. The highest BCUT2D eigenvalue weighted by atomic mass is 16.5. The van der Waals surface area contributed by atoms with Gasteiger partial charge < -0.3 is 20.7 Å². The number of carbonyl (C=O) groups is 2. The summed E-state index contributed by atoms with van der Waals surface area (Å²) in [6, 6.07) is -0.0529. The Kier molecular flexibility index (Phi) is 5.80. The quantitative estimate of drug-likeness (QED) is 0.476. The standard InChI is InChI=1S/C12H21N3O3/c1-15(8-11(16)14-5-6-18-2)12(17)9-3-4-10(13)7-9/h3-4,9-10H,5-8,13H2,1-2H3,(H,14,16). The molecule has 0 bridgehead atoms. The molecular formula is C12H21N3O3. The fourth-order valence-corrected chi connectivity index (χ4v) is 1.84. The van der Waals surface area contributed by atoms with Gasteiger partial charge in [-0.25, -0.2) is 0 Å². The van der Waals surface area contributed by atoms with Gasteiger partial charge in [0.1, 0.15) is 0 Å². The van der Waals surface area contributed by atoms with E-state index in [9.17, 15) is 9.59 Å². The average molecular weight is 255 g/mol. The van der Waals surface area contributed by atoms with E-state index >= 15 is 0 Å². The molecule has 2 unspecified atom stereocenters. The van der Waals surface area contributed by atoms with Crippen molar-refractivity contribution in [3.05, 3.63) is 12.2 Å². The Morgan fingerprint density at radius 2 is 2.22 bits per heavy atom. The van der Waals surface area contributed by atoms with Crippen molar-refractivity contribution in [2.45, 2.75) is 12.5 Å². The van der Waals surface area contributed by atoms with Crippen LogP contribution in [-0.2, 0) is 14.3 Å². The first kappa shape index (κ1) is 14.7. The van der Waals surface area contributed by atoms with Gasteiger partial charge in [-0.15, -0.1) is 0 Å². The second-order valence-corrected chi connectivity index (χ2v) is 4.43. The molecule has 0 radical (unpaired) electrons. The van der Waals surface area contributed by atoms with Crippen LogP contribution in [0.5, 0.6) is 0 Å². The van der Waals surface area contributed by atoms with Crippen molar-refractivity contribution >= 4 is 11.8 Å². The third-order valence-electron chi connectivity index (χ3n) is 2.82. The number of ether oxygens (including phenoxy) is 1. The van der Waals surface area contributed by atoms with Crippen LogP contribution in [0.2, 0.25) is 0 Å². The number of hydrogen-bond donors (Lipinski definition) is 2. The molecule has 3 N–H and O–H groups in total. The second kappa shape index (κ2) is 7.13. The van der Waals surface area contributed by atoms with E-state index in [1.165, 1.54) is 4.90 Å². The van der Waals surface area contributed by atoms with E-state index in [4.69, 9.17) is 10.5 Å². The zero-order valence-corrected chi connectivity index (χ0v) is 10.9. The summed E-state index contributed by atoms with van der Waals surface area (Å²) in [4.78, 5) is 24.9. The number of amides is 2. The van der Waals surface area contributed by atoms with Crippen LogP contribution in [0.1, 0.15) is 6.42 Å². The molecule has 2 atom stereocenters. The molecule has 2 amide bonds. The van der Waals surface area contributed by atoms with Crippen molar-refractivity contribution in [3.63, 3.8) is 0 Å². The summed E-state index contributed by atoms with van der Waals surface area (Å²) in [5.74, 6) is -0.452. The van der Waals surface area contributed by atoms with Gasteiger partial charge in [-0.05, 0) is 6.42 Å². The Bertz CT molecular complexity index is 331. The summed E-state index contributed by atoms with van der Waals surface area (Å²) in [7, 11) is 3.19. The van der Waals surface area contributed by atoms with Crippen molar-refractivity contribution in [2.75, 3.05) is 33.9 Å². The number of nitrogens with zero attached hydrogens (tertiary/aromatic N) is 1. The summed E-state index contributed by atoms with van der Waals surface area (Å²) in [6.45, 7) is 0.970. The minimum Gasteiger partial charge on any atom is -0.383 e. The molecule has 0 saturated carbocycles. The van der Waals surface area contributed by atoms with Crippen LogP contribution < -0.4 is 11.1 Å². The lowest BCUT2D eigenvalue weighted by Gasteiger charge is -2.20. The zero-order chi connectivity index (χ0) is 13.5. The first-order valence-corrected chi connectivity index (χ1v) is 5.99. The first-order valence-electron chi connectivity index (χ1n) is 5.99. The predicted molar refractivity (Wildman–Crippen MR) is 67.7 cm³/mol. The minimum absolute atomic E-state index is 0.0529. The van der Waals surface area contributed by atoms with Crippen LogP contribution in [0.4, 0.5) is 0 Å². The predicted octanol–water partition coefficient (Wildman–Crippen LogP) is -0.889. The van der Waals surface area contributed by atoms with Gasteiger partial charge >= 0.3 is 0 Å². The molecule has 18 heavy (non-hydrogen) atoms. The van der Waals surface area contributed by atoms with Crippen molar-refractivity contribution < 1.29 is 14.3 Å². The van der Waals surface area contributed by atoms with E-state index in [2.05, 4.69) is 5.32 Å². The number of methoxy groups -OCH3 is 1. The molecule has 6 heteroatoms. The van der Waals surface area contributed by atoms with Crippen molar-refractivity contribution in [1.82, 2.24) is 10.2 Å². The van der Waals surface area contributed by atoms with E-state index < -0.39 is 0 Å². The SMILES string of the molecule is COCCNC(=O)CN(C)C(=O)C1C=CC(N)C1. The smallest absolute Gasteiger partial charge is 0.239 e. The van der Waals surface area contributed by atoms with E-state index in [1.807, 2.05) is 12.2 Å². The Morgan fingerprint density at radius 1 is 1.50 bits per heavy atom. The van der Waals surface area contributed by atoms with Crippen molar-refractivity contribution in [1.29, 1.82) is 0 Å². The number of hydrogen-bond acceptors (Lipinski definition) is 4. The van der Waals surface area contributed by atoms with Gasteiger partial charge in [0, 0.05) is 26.7 Å². The Balaban J connectivity index is 2.31. The number of nitrogens with two attached hydrogens (primary N) is 1. The first-order chi connectivity index (χ1) is 8.54. The molecular weight excluding hydrogens is 234 g/mol. The Labute approximate surface area is 107 Å². The molecule has 0 spiro atoms. The van der Waals surface area contributed by atoms with Crippen LogP contribution >= 0.6 is 0 Å². The van der Waals surface area contributed by atoms with E-state index in [0.717, 1.165) is 0 Å². The minimum atomic E-state index is -0.197. The Hall–Kier alpha value is -1.40. The summed E-state index contributed by atoms with van der Waals surface area (Å²) in [6.07, 6.45) is 4.26. The molecule has 102 valence electrons. The van der Waals surface area contributed by atoms with Gasteiger partial charge in [0.15, 0.2) is 0 Å². The summed E-state index contributed by atoms with van der Waals surface area (Å²) < 4.78 is 4.82. The van der Waals surface area contributed by atoms with Gasteiger partial charge in [0.05, 0.1) is 19.1 Å². The van der Waals surface area contributed by atoms with Crippen molar-refractivity contribution in [2.24, 2.45) is 11.7 Å². The molecule has 0 heterocycles. The Morgan fingerprint density at radius 3 is 2.78 bits per heavy atom. The molecule has 0 aromatic rings. The van der Waals surface area contributed by atoms with Gasteiger partial charge in [-0.1, -0.05) is 12.2 Å². The molecule has 1 aliphatic rings. The molecule has 0 saturated heterocycles. The lowest BCUT2D eigenvalue weighted by molar-refractivity contribution is -0.136. The molecule has 0 aromatic carbocycles. The lowest BCUT2D eigenvalue weighted by Crippen LogP contribution is -2.41. The maximum absolute atomic E-state index is 12.0. The normalized spacial score (nSPS) is 21.9. The highest BCUT2D eigenvalue weighted by Crippen LogP contribution is 2.18. The third-order valence-corrected chi connectivity index (χ3v) is 2.82. The number of likely N-dealkylation sites (N-methyl/N-ethyl adjacent to an activating group) is 1. The molecule has 1 aliphatic carbocycles. The van der Waals surface area contributed by atoms with Crippen LogP contribution in [0, 0.1) is 5.92 Å². The summed E-state index contributed by atoms with van der Waals surface area (Å²) >= 11 is 0. The van der Waals surface area contributed by atoms with E-state index in [0.29, 0.717) is 19.6 Å². The highest BCUT2D eigenvalue weighted by molar-refractivity contribution is 5.86. The van der Waals surface area contributed by atoms with Crippen LogP contribution in [0.15, 0.2) is 12.2 Å². The van der Waals surface area contributed by atoms with E-state index in [1.54, 1.807) is 14.2 Å². The molecule has 0 aliphatic heterocycles. The number of carbonyl (C=O) groups excluding carboxylic acids is 2. The monoisotopic (exact) mass is 255 g/mol. The van der Waals surface area contributed by atoms with Crippen LogP contribution in [0.25, 0.3) is 0 Å². The van der Waals surface area contributed by atoms with Crippen LogP contribution in [0.3, 0.4) is 0 Å². The van der Waals surface area contributed by atoms with Gasteiger partial charge in [-0.3, -0.25) is 9.59 Å². The fourth-order valence-electron chi connectivity index (χ4n) is 1.84.